The SMILES string of the molecule is CC1(C)[C@@H]2CC[C@@H](C2)C12CC(C1=NN(c3ccccc3)C(c3cccc(Br)c3)C1)=NO2. The fraction of sp³-hybridized carbons (Fsp3) is 0.462. The average Bonchev–Trinajstić information content (AvgIpc) is 3.54. The van der Waals surface area contributed by atoms with Crippen LogP contribution in [0.3, 0.4) is 0 Å². The van der Waals surface area contributed by atoms with Crippen LogP contribution in [0, 0.1) is 17.3 Å². The maximum atomic E-state index is 6.36. The van der Waals surface area contributed by atoms with Crippen molar-refractivity contribution < 1.29 is 4.84 Å². The van der Waals surface area contributed by atoms with E-state index >= 15 is 0 Å². The van der Waals surface area contributed by atoms with Gasteiger partial charge in [-0.25, -0.2) is 0 Å². The second-order valence-electron chi connectivity index (χ2n) is 10.1. The fourth-order valence-corrected chi connectivity index (χ4v) is 6.99. The molecule has 4 aliphatic rings. The summed E-state index contributed by atoms with van der Waals surface area (Å²) >= 11 is 3.64. The molecule has 2 aliphatic carbocycles. The smallest absolute Gasteiger partial charge is 0.151 e. The van der Waals surface area contributed by atoms with Gasteiger partial charge in [-0.2, -0.15) is 5.10 Å². The summed E-state index contributed by atoms with van der Waals surface area (Å²) in [5.74, 6) is 1.38. The van der Waals surface area contributed by atoms with E-state index in [1.165, 1.54) is 24.8 Å². The second kappa shape index (κ2) is 6.93. The normalized spacial score (nSPS) is 33.0. The molecule has 4 atom stereocenters. The topological polar surface area (TPSA) is 37.2 Å². The van der Waals surface area contributed by atoms with Crippen molar-refractivity contribution in [3.63, 3.8) is 0 Å². The molecule has 2 aromatic rings. The van der Waals surface area contributed by atoms with Crippen molar-refractivity contribution in [2.45, 2.75) is 57.6 Å². The third-order valence-corrected chi connectivity index (χ3v) is 8.94. The number of rotatable bonds is 3. The molecule has 2 heterocycles. The molecule has 0 saturated heterocycles. The lowest BCUT2D eigenvalue weighted by atomic mass is 9.63. The number of hydrazone groups is 1. The highest BCUT2D eigenvalue weighted by molar-refractivity contribution is 9.10. The standard InChI is InChI=1S/C26H28BrN3O/c1-25(2)18-11-12-19(14-18)26(25)16-23(29-31-26)22-15-24(17-7-6-8-20(27)13-17)30(28-22)21-9-4-3-5-10-21/h3-10,13,18-19,24H,11-12,14-16H2,1-2H3/t18-,19+,24?,26?/m1/s1. The molecule has 1 spiro atoms. The van der Waals surface area contributed by atoms with Gasteiger partial charge in [-0.1, -0.05) is 65.3 Å². The second-order valence-corrected chi connectivity index (χ2v) is 11.0. The van der Waals surface area contributed by atoms with Gasteiger partial charge >= 0.3 is 0 Å². The molecule has 160 valence electrons. The molecule has 0 aromatic heterocycles. The maximum absolute atomic E-state index is 6.36. The molecule has 2 aliphatic heterocycles. The van der Waals surface area contributed by atoms with Crippen molar-refractivity contribution in [2.75, 3.05) is 5.01 Å². The Morgan fingerprint density at radius 2 is 1.81 bits per heavy atom. The van der Waals surface area contributed by atoms with E-state index in [0.717, 1.165) is 40.3 Å². The van der Waals surface area contributed by atoms with Gasteiger partial charge in [0.25, 0.3) is 0 Å². The molecule has 4 nitrogen and oxygen atoms in total. The van der Waals surface area contributed by atoms with Crippen LogP contribution in [0.4, 0.5) is 5.69 Å². The highest BCUT2D eigenvalue weighted by Gasteiger charge is 2.67. The molecule has 2 aromatic carbocycles. The molecule has 0 radical (unpaired) electrons. The zero-order valence-electron chi connectivity index (χ0n) is 18.1. The molecule has 2 bridgehead atoms. The average molecular weight is 478 g/mol. The van der Waals surface area contributed by atoms with Gasteiger partial charge in [0.1, 0.15) is 5.71 Å². The third-order valence-electron chi connectivity index (χ3n) is 8.45. The Labute approximate surface area is 192 Å². The van der Waals surface area contributed by atoms with Crippen LogP contribution in [0.2, 0.25) is 0 Å². The van der Waals surface area contributed by atoms with Crippen molar-refractivity contribution in [3.05, 3.63) is 64.6 Å². The van der Waals surface area contributed by atoms with Crippen LogP contribution in [0.25, 0.3) is 0 Å². The Kier molecular flexibility index (Phi) is 4.37. The third kappa shape index (κ3) is 2.85. The number of hydrogen-bond donors (Lipinski definition) is 0. The minimum Gasteiger partial charge on any atom is -0.388 e. The van der Waals surface area contributed by atoms with Gasteiger partial charge in [-0.3, -0.25) is 5.01 Å². The van der Waals surface area contributed by atoms with Gasteiger partial charge in [-0.05, 0) is 55.0 Å². The first-order valence-corrected chi connectivity index (χ1v) is 12.2. The maximum Gasteiger partial charge on any atom is 0.151 e. The quantitative estimate of drug-likeness (QED) is 0.491. The largest absolute Gasteiger partial charge is 0.388 e. The number of oxime groups is 1. The molecule has 6 rings (SSSR count). The summed E-state index contributed by atoms with van der Waals surface area (Å²) in [6.07, 6.45) is 5.65. The summed E-state index contributed by atoms with van der Waals surface area (Å²) in [5.41, 5.74) is 4.52. The van der Waals surface area contributed by atoms with Crippen molar-refractivity contribution in [1.29, 1.82) is 0 Å². The molecule has 0 amide bonds. The van der Waals surface area contributed by atoms with Gasteiger partial charge in [0.2, 0.25) is 0 Å². The first-order valence-electron chi connectivity index (χ1n) is 11.4. The zero-order valence-corrected chi connectivity index (χ0v) is 19.7. The Hall–Kier alpha value is -2.14. The summed E-state index contributed by atoms with van der Waals surface area (Å²) in [6.45, 7) is 4.79. The van der Waals surface area contributed by atoms with Gasteiger partial charge in [0.05, 0.1) is 17.4 Å². The van der Waals surface area contributed by atoms with Crippen LogP contribution in [0.15, 0.2) is 69.3 Å². The van der Waals surface area contributed by atoms with Crippen LogP contribution in [0.1, 0.15) is 57.6 Å². The van der Waals surface area contributed by atoms with E-state index in [0.29, 0.717) is 5.92 Å². The number of para-hydroxylation sites is 1. The van der Waals surface area contributed by atoms with Crippen LogP contribution in [-0.4, -0.2) is 17.0 Å². The summed E-state index contributed by atoms with van der Waals surface area (Å²) in [6, 6.07) is 19.2. The van der Waals surface area contributed by atoms with E-state index in [1.807, 2.05) is 6.07 Å². The van der Waals surface area contributed by atoms with Crippen molar-refractivity contribution in [1.82, 2.24) is 0 Å². The van der Waals surface area contributed by atoms with E-state index < -0.39 is 0 Å². The summed E-state index contributed by atoms with van der Waals surface area (Å²) in [4.78, 5) is 6.36. The van der Waals surface area contributed by atoms with E-state index in [2.05, 4.69) is 83.3 Å². The number of anilines is 1. The highest BCUT2D eigenvalue weighted by Crippen LogP contribution is 2.65. The Morgan fingerprint density at radius 3 is 2.55 bits per heavy atom. The number of benzene rings is 2. The summed E-state index contributed by atoms with van der Waals surface area (Å²) in [5, 5.41) is 12.0. The molecule has 31 heavy (non-hydrogen) atoms. The monoisotopic (exact) mass is 477 g/mol. The lowest BCUT2D eigenvalue weighted by molar-refractivity contribution is -0.135. The highest BCUT2D eigenvalue weighted by atomic mass is 79.9. The van der Waals surface area contributed by atoms with Gasteiger partial charge in [0.15, 0.2) is 5.60 Å². The van der Waals surface area contributed by atoms with Crippen LogP contribution in [0.5, 0.6) is 0 Å². The van der Waals surface area contributed by atoms with Gasteiger partial charge < -0.3 is 4.84 Å². The summed E-state index contributed by atoms with van der Waals surface area (Å²) in [7, 11) is 0. The Bertz CT molecular complexity index is 1080. The number of fused-ring (bicyclic) bond motifs is 3. The van der Waals surface area contributed by atoms with Crippen molar-refractivity contribution in [3.8, 4) is 0 Å². The predicted octanol–water partition coefficient (Wildman–Crippen LogP) is 6.73. The van der Waals surface area contributed by atoms with Gasteiger partial charge in [-0.15, -0.1) is 0 Å². The molecule has 2 saturated carbocycles. The Morgan fingerprint density at radius 1 is 1.00 bits per heavy atom. The number of nitrogens with zero attached hydrogens (tertiary/aromatic N) is 3. The minimum atomic E-state index is -0.140. The molecule has 2 unspecified atom stereocenters. The molecule has 5 heteroatoms. The van der Waals surface area contributed by atoms with Gasteiger partial charge in [0, 0.05) is 28.6 Å². The van der Waals surface area contributed by atoms with E-state index in [1.54, 1.807) is 0 Å². The molecule has 2 fully saturated rings. The first kappa shape index (κ1) is 19.5. The van der Waals surface area contributed by atoms with E-state index in [9.17, 15) is 0 Å². The molecular formula is C26H28BrN3O. The predicted molar refractivity (Wildman–Crippen MR) is 128 cm³/mol. The summed E-state index contributed by atoms with van der Waals surface area (Å²) < 4.78 is 1.09. The zero-order chi connectivity index (χ0) is 21.2. The lowest BCUT2D eigenvalue weighted by Crippen LogP contribution is -2.49. The first-order chi connectivity index (χ1) is 15.0. The van der Waals surface area contributed by atoms with Crippen LogP contribution >= 0.6 is 15.9 Å². The molecular weight excluding hydrogens is 450 g/mol. The minimum absolute atomic E-state index is 0.140. The van der Waals surface area contributed by atoms with E-state index in [-0.39, 0.29) is 17.1 Å². The Balaban J connectivity index is 1.33. The van der Waals surface area contributed by atoms with E-state index in [4.69, 9.17) is 15.1 Å². The number of halogens is 1. The van der Waals surface area contributed by atoms with Crippen LogP contribution in [-0.2, 0) is 4.84 Å². The van der Waals surface area contributed by atoms with Crippen molar-refractivity contribution >= 4 is 33.0 Å². The number of hydrogen-bond acceptors (Lipinski definition) is 4. The molecule has 0 N–H and O–H groups in total. The lowest BCUT2D eigenvalue weighted by Gasteiger charge is -2.44. The van der Waals surface area contributed by atoms with Crippen molar-refractivity contribution in [2.24, 2.45) is 27.5 Å². The fourth-order valence-electron chi connectivity index (χ4n) is 6.58. The van der Waals surface area contributed by atoms with Crippen LogP contribution < -0.4 is 5.01 Å².